The van der Waals surface area contributed by atoms with Crippen LogP contribution in [0.15, 0.2) is 22.2 Å². The van der Waals surface area contributed by atoms with Crippen molar-refractivity contribution in [1.29, 1.82) is 0 Å². The molecule has 0 aliphatic carbocycles. The normalized spacial score (nSPS) is 16.4. The number of fused-ring (bicyclic) bond motifs is 1. The molecule has 0 saturated carbocycles. The predicted octanol–water partition coefficient (Wildman–Crippen LogP) is 0.622. The summed E-state index contributed by atoms with van der Waals surface area (Å²) in [4.78, 5) is 20.1. The Morgan fingerprint density at radius 2 is 2.56 bits per heavy atom. The average molecular weight is 268 g/mol. The van der Waals surface area contributed by atoms with Gasteiger partial charge in [-0.1, -0.05) is 11.6 Å². The van der Waals surface area contributed by atoms with E-state index >= 15 is 0 Å². The summed E-state index contributed by atoms with van der Waals surface area (Å²) in [5.74, 6) is 0. The van der Waals surface area contributed by atoms with Gasteiger partial charge in [0, 0.05) is 20.0 Å². The quantitative estimate of drug-likeness (QED) is 0.363. The lowest BCUT2D eigenvalue weighted by molar-refractivity contribution is -0.104. The number of carbonyl (C=O) groups is 1. The summed E-state index contributed by atoms with van der Waals surface area (Å²) < 4.78 is 0. The van der Waals surface area contributed by atoms with Crippen molar-refractivity contribution in [2.45, 2.75) is 13.0 Å². The molecule has 1 aromatic rings. The number of hydrazone groups is 1. The highest BCUT2D eigenvalue weighted by atomic mass is 35.5. The number of imidazole rings is 1. The Morgan fingerprint density at radius 3 is 3.28 bits per heavy atom. The second kappa shape index (κ2) is 5.68. The van der Waals surface area contributed by atoms with Gasteiger partial charge < -0.3 is 15.3 Å². The number of allylic oxidation sites excluding steroid dienone is 2. The summed E-state index contributed by atoms with van der Waals surface area (Å²) in [5, 5.41) is 4.07. The standard InChI is InChI=1S/C11H14ClN5O/c1-13-16-4-11(8(12)6-18)17-3-2-9-10(5-17)15-7-14-9/h4,6-7,13H,2-3,5H2,1H3,(H,14,15)/b11-8-,16-4-. The Morgan fingerprint density at radius 1 is 1.72 bits per heavy atom. The average Bonchev–Trinajstić information content (AvgIpc) is 2.86. The maximum atomic E-state index is 10.8. The Kier molecular flexibility index (Phi) is 3.99. The van der Waals surface area contributed by atoms with Gasteiger partial charge in [-0.25, -0.2) is 4.98 Å². The topological polar surface area (TPSA) is 73.4 Å². The van der Waals surface area contributed by atoms with E-state index in [1.54, 1.807) is 19.6 Å². The minimum atomic E-state index is 0.150. The fourth-order valence-corrected chi connectivity index (χ4v) is 2.07. The third kappa shape index (κ3) is 2.53. The Labute approximate surface area is 110 Å². The maximum Gasteiger partial charge on any atom is 0.163 e. The molecule has 0 unspecified atom stereocenters. The van der Waals surface area contributed by atoms with Gasteiger partial charge in [0.05, 0.1) is 36.2 Å². The van der Waals surface area contributed by atoms with Crippen LogP contribution in [0.2, 0.25) is 0 Å². The van der Waals surface area contributed by atoms with Crippen molar-refractivity contribution in [3.05, 3.63) is 28.4 Å². The number of rotatable bonds is 4. The summed E-state index contributed by atoms with van der Waals surface area (Å²) in [6.07, 6.45) is 4.68. The van der Waals surface area contributed by atoms with E-state index in [0.717, 1.165) is 24.4 Å². The predicted molar refractivity (Wildman–Crippen MR) is 69.2 cm³/mol. The summed E-state index contributed by atoms with van der Waals surface area (Å²) in [7, 11) is 1.69. The van der Waals surface area contributed by atoms with Crippen molar-refractivity contribution in [1.82, 2.24) is 20.3 Å². The minimum absolute atomic E-state index is 0.150. The molecule has 96 valence electrons. The van der Waals surface area contributed by atoms with Crippen LogP contribution in [-0.4, -0.2) is 41.0 Å². The first-order valence-corrected chi connectivity index (χ1v) is 5.95. The molecule has 2 heterocycles. The fourth-order valence-electron chi connectivity index (χ4n) is 1.90. The van der Waals surface area contributed by atoms with E-state index in [1.165, 1.54) is 0 Å². The van der Waals surface area contributed by atoms with Crippen LogP contribution in [0.1, 0.15) is 11.4 Å². The number of halogens is 1. The Balaban J connectivity index is 2.24. The molecule has 18 heavy (non-hydrogen) atoms. The van der Waals surface area contributed by atoms with Crippen LogP contribution in [0.25, 0.3) is 0 Å². The van der Waals surface area contributed by atoms with Gasteiger partial charge in [-0.2, -0.15) is 5.10 Å². The van der Waals surface area contributed by atoms with Crippen LogP contribution in [0.5, 0.6) is 0 Å². The molecule has 1 aliphatic rings. The lowest BCUT2D eigenvalue weighted by Gasteiger charge is -2.28. The number of hydrogen-bond acceptors (Lipinski definition) is 5. The molecular weight excluding hydrogens is 254 g/mol. The number of aldehydes is 1. The van der Waals surface area contributed by atoms with E-state index < -0.39 is 0 Å². The highest BCUT2D eigenvalue weighted by Gasteiger charge is 2.21. The van der Waals surface area contributed by atoms with Crippen molar-refractivity contribution >= 4 is 24.1 Å². The zero-order valence-corrected chi connectivity index (χ0v) is 10.7. The summed E-state index contributed by atoms with van der Waals surface area (Å²) in [5.41, 5.74) is 5.37. The fraction of sp³-hybridized carbons (Fsp3) is 0.364. The summed E-state index contributed by atoms with van der Waals surface area (Å²) >= 11 is 5.93. The molecule has 0 spiro atoms. The van der Waals surface area contributed by atoms with E-state index in [-0.39, 0.29) is 5.03 Å². The summed E-state index contributed by atoms with van der Waals surface area (Å²) in [6, 6.07) is 0. The van der Waals surface area contributed by atoms with Crippen LogP contribution < -0.4 is 5.43 Å². The van der Waals surface area contributed by atoms with Gasteiger partial charge in [-0.05, 0) is 0 Å². The number of H-pyrrole nitrogens is 1. The second-order valence-corrected chi connectivity index (χ2v) is 4.24. The Bertz CT molecular complexity index is 493. The lowest BCUT2D eigenvalue weighted by Crippen LogP contribution is -2.31. The molecule has 1 aliphatic heterocycles. The van der Waals surface area contributed by atoms with Crippen LogP contribution in [0.4, 0.5) is 0 Å². The van der Waals surface area contributed by atoms with E-state index in [2.05, 4.69) is 20.5 Å². The number of aromatic nitrogens is 2. The van der Waals surface area contributed by atoms with E-state index in [4.69, 9.17) is 11.6 Å². The molecule has 0 aromatic carbocycles. The molecular formula is C11H14ClN5O. The first-order valence-electron chi connectivity index (χ1n) is 5.57. The number of carbonyl (C=O) groups excluding carboxylic acids is 1. The molecule has 0 saturated heterocycles. The number of nitrogens with zero attached hydrogens (tertiary/aromatic N) is 3. The molecule has 0 atom stereocenters. The third-order valence-corrected chi connectivity index (χ3v) is 3.06. The van der Waals surface area contributed by atoms with Crippen LogP contribution in [-0.2, 0) is 17.8 Å². The minimum Gasteiger partial charge on any atom is -0.363 e. The second-order valence-electron chi connectivity index (χ2n) is 3.83. The van der Waals surface area contributed by atoms with E-state index in [0.29, 0.717) is 18.5 Å². The monoisotopic (exact) mass is 267 g/mol. The molecule has 0 fully saturated rings. The summed E-state index contributed by atoms with van der Waals surface area (Å²) in [6.45, 7) is 1.40. The van der Waals surface area contributed by atoms with Crippen LogP contribution in [0.3, 0.4) is 0 Å². The molecule has 7 heteroatoms. The smallest absolute Gasteiger partial charge is 0.163 e. The van der Waals surface area contributed by atoms with Gasteiger partial charge in [-0.3, -0.25) is 4.79 Å². The van der Waals surface area contributed by atoms with Crippen LogP contribution >= 0.6 is 11.6 Å². The van der Waals surface area contributed by atoms with Gasteiger partial charge >= 0.3 is 0 Å². The largest absolute Gasteiger partial charge is 0.363 e. The number of nitrogens with one attached hydrogen (secondary N) is 2. The van der Waals surface area contributed by atoms with Crippen LogP contribution in [0, 0.1) is 0 Å². The zero-order chi connectivity index (χ0) is 13.0. The van der Waals surface area contributed by atoms with Crippen molar-refractivity contribution in [3.63, 3.8) is 0 Å². The first kappa shape index (κ1) is 12.6. The van der Waals surface area contributed by atoms with Crippen molar-refractivity contribution in [2.75, 3.05) is 13.6 Å². The van der Waals surface area contributed by atoms with Gasteiger partial charge in [0.2, 0.25) is 0 Å². The van der Waals surface area contributed by atoms with Crippen molar-refractivity contribution in [3.8, 4) is 0 Å². The molecule has 6 nitrogen and oxygen atoms in total. The van der Waals surface area contributed by atoms with E-state index in [1.807, 2.05) is 4.90 Å². The van der Waals surface area contributed by atoms with Gasteiger partial charge in [-0.15, -0.1) is 0 Å². The van der Waals surface area contributed by atoms with Crippen molar-refractivity contribution in [2.24, 2.45) is 5.10 Å². The zero-order valence-electron chi connectivity index (χ0n) is 9.98. The lowest BCUT2D eigenvalue weighted by atomic mass is 10.1. The SMILES string of the molecule is CN/N=C\C(=C(\Cl)C=O)N1CCc2nc[nH]c2C1. The number of aromatic amines is 1. The first-order chi connectivity index (χ1) is 8.76. The number of hydrogen-bond donors (Lipinski definition) is 2. The molecule has 0 amide bonds. The molecule has 2 N–H and O–H groups in total. The van der Waals surface area contributed by atoms with Crippen molar-refractivity contribution < 1.29 is 4.79 Å². The molecule has 1 aromatic heterocycles. The molecule has 0 radical (unpaired) electrons. The molecule has 0 bridgehead atoms. The molecule has 2 rings (SSSR count). The van der Waals surface area contributed by atoms with Gasteiger partial charge in [0.25, 0.3) is 0 Å². The highest BCUT2D eigenvalue weighted by molar-refractivity contribution is 6.40. The van der Waals surface area contributed by atoms with Gasteiger partial charge in [0.15, 0.2) is 6.29 Å². The third-order valence-electron chi connectivity index (χ3n) is 2.78. The van der Waals surface area contributed by atoms with E-state index in [9.17, 15) is 4.79 Å². The highest BCUT2D eigenvalue weighted by Crippen LogP contribution is 2.20. The maximum absolute atomic E-state index is 10.8. The van der Waals surface area contributed by atoms with Gasteiger partial charge in [0.1, 0.15) is 5.03 Å². The Hall–Kier alpha value is -1.82.